The highest BCUT2D eigenvalue weighted by atomic mass is 16.3. The number of furan rings is 1. The van der Waals surface area contributed by atoms with Crippen molar-refractivity contribution in [2.24, 2.45) is 11.3 Å². The van der Waals surface area contributed by atoms with Crippen molar-refractivity contribution >= 4 is 0 Å². The lowest BCUT2D eigenvalue weighted by Gasteiger charge is -2.35. The third kappa shape index (κ3) is 3.17. The molecule has 1 N–H and O–H groups in total. The Hall–Kier alpha value is -0.760. The summed E-state index contributed by atoms with van der Waals surface area (Å²) in [5.74, 6) is 3.01. The van der Waals surface area contributed by atoms with E-state index < -0.39 is 0 Å². The van der Waals surface area contributed by atoms with Gasteiger partial charge >= 0.3 is 0 Å². The van der Waals surface area contributed by atoms with E-state index in [0.29, 0.717) is 11.5 Å². The standard InChI is InChI=1S/C16H27NO/c1-11(2)6-7-17-14-9-16(4,5)10-15-13(14)8-12(3)18-15/h8,11,14,17H,6-7,9-10H2,1-5H3. The lowest BCUT2D eigenvalue weighted by Crippen LogP contribution is -2.33. The van der Waals surface area contributed by atoms with Crippen molar-refractivity contribution in [2.75, 3.05) is 6.54 Å². The fourth-order valence-electron chi connectivity index (χ4n) is 2.91. The largest absolute Gasteiger partial charge is 0.466 e. The molecule has 0 saturated heterocycles. The molecule has 102 valence electrons. The summed E-state index contributed by atoms with van der Waals surface area (Å²) in [6.45, 7) is 12.4. The van der Waals surface area contributed by atoms with Crippen molar-refractivity contribution < 1.29 is 4.42 Å². The third-order valence-electron chi connectivity index (χ3n) is 3.85. The van der Waals surface area contributed by atoms with Crippen molar-refractivity contribution in [3.05, 3.63) is 23.2 Å². The van der Waals surface area contributed by atoms with Gasteiger partial charge < -0.3 is 9.73 Å². The van der Waals surface area contributed by atoms with Crippen LogP contribution in [0, 0.1) is 18.3 Å². The Kier molecular flexibility index (Phi) is 3.86. The smallest absolute Gasteiger partial charge is 0.109 e. The van der Waals surface area contributed by atoms with Crippen molar-refractivity contribution in [2.45, 2.75) is 59.9 Å². The normalized spacial score (nSPS) is 22.2. The van der Waals surface area contributed by atoms with E-state index in [2.05, 4.69) is 46.0 Å². The predicted molar refractivity (Wildman–Crippen MR) is 75.7 cm³/mol. The minimum atomic E-state index is 0.340. The fraction of sp³-hybridized carbons (Fsp3) is 0.750. The summed E-state index contributed by atoms with van der Waals surface area (Å²) in [7, 11) is 0. The highest BCUT2D eigenvalue weighted by molar-refractivity contribution is 5.29. The summed E-state index contributed by atoms with van der Waals surface area (Å²) in [6.07, 6.45) is 3.51. The first kappa shape index (κ1) is 13.7. The van der Waals surface area contributed by atoms with Gasteiger partial charge in [0.2, 0.25) is 0 Å². The Morgan fingerprint density at radius 2 is 2.17 bits per heavy atom. The van der Waals surface area contributed by atoms with E-state index in [4.69, 9.17) is 4.42 Å². The third-order valence-corrected chi connectivity index (χ3v) is 3.85. The van der Waals surface area contributed by atoms with Gasteiger partial charge in [-0.3, -0.25) is 0 Å². The van der Waals surface area contributed by atoms with E-state index in [1.54, 1.807) is 0 Å². The molecule has 0 amide bonds. The van der Waals surface area contributed by atoms with Gasteiger partial charge in [-0.05, 0) is 43.7 Å². The molecule has 2 nitrogen and oxygen atoms in total. The number of hydrogen-bond acceptors (Lipinski definition) is 2. The molecule has 0 aromatic carbocycles. The van der Waals surface area contributed by atoms with Gasteiger partial charge in [0.25, 0.3) is 0 Å². The van der Waals surface area contributed by atoms with Crippen molar-refractivity contribution in [3.63, 3.8) is 0 Å². The second-order valence-electron chi connectivity index (χ2n) is 6.97. The number of aryl methyl sites for hydroxylation is 1. The molecule has 1 atom stereocenters. The fourth-order valence-corrected chi connectivity index (χ4v) is 2.91. The Bertz CT molecular complexity index is 403. The van der Waals surface area contributed by atoms with Crippen LogP contribution in [0.2, 0.25) is 0 Å². The van der Waals surface area contributed by atoms with Crippen LogP contribution in [0.4, 0.5) is 0 Å². The zero-order chi connectivity index (χ0) is 13.3. The molecule has 1 aliphatic carbocycles. The number of fused-ring (bicyclic) bond motifs is 1. The minimum Gasteiger partial charge on any atom is -0.466 e. The van der Waals surface area contributed by atoms with Crippen LogP contribution in [0.15, 0.2) is 10.5 Å². The molecule has 2 rings (SSSR count). The van der Waals surface area contributed by atoms with Crippen LogP contribution in [0.5, 0.6) is 0 Å². The molecule has 0 bridgehead atoms. The van der Waals surface area contributed by atoms with Gasteiger partial charge in [-0.1, -0.05) is 27.7 Å². The molecule has 0 aliphatic heterocycles. The van der Waals surface area contributed by atoms with Crippen molar-refractivity contribution in [1.82, 2.24) is 5.32 Å². The Balaban J connectivity index is 2.09. The first-order chi connectivity index (χ1) is 8.37. The quantitative estimate of drug-likeness (QED) is 0.863. The summed E-state index contributed by atoms with van der Waals surface area (Å²) in [5.41, 5.74) is 1.74. The highest BCUT2D eigenvalue weighted by Gasteiger charge is 2.34. The molecule has 0 fully saturated rings. The summed E-state index contributed by atoms with van der Waals surface area (Å²) in [6, 6.07) is 2.69. The minimum absolute atomic E-state index is 0.340. The molecule has 1 aliphatic rings. The molecule has 1 aromatic rings. The van der Waals surface area contributed by atoms with Crippen LogP contribution >= 0.6 is 0 Å². The number of nitrogens with one attached hydrogen (secondary N) is 1. The highest BCUT2D eigenvalue weighted by Crippen LogP contribution is 2.41. The monoisotopic (exact) mass is 249 g/mol. The van der Waals surface area contributed by atoms with Crippen LogP contribution in [0.1, 0.15) is 63.7 Å². The lowest BCUT2D eigenvalue weighted by atomic mass is 9.74. The average molecular weight is 249 g/mol. The number of hydrogen-bond donors (Lipinski definition) is 1. The summed E-state index contributed by atoms with van der Waals surface area (Å²) < 4.78 is 5.86. The molecule has 1 unspecified atom stereocenters. The maximum atomic E-state index is 5.86. The topological polar surface area (TPSA) is 25.2 Å². The number of rotatable bonds is 4. The van der Waals surface area contributed by atoms with Gasteiger partial charge in [0.15, 0.2) is 0 Å². The van der Waals surface area contributed by atoms with Crippen LogP contribution < -0.4 is 5.32 Å². The van der Waals surface area contributed by atoms with E-state index in [-0.39, 0.29) is 0 Å². The second-order valence-corrected chi connectivity index (χ2v) is 6.97. The average Bonchev–Trinajstić information content (AvgIpc) is 2.56. The van der Waals surface area contributed by atoms with Gasteiger partial charge in [0.05, 0.1) is 0 Å². The van der Waals surface area contributed by atoms with Crippen LogP contribution in [-0.4, -0.2) is 6.54 Å². The summed E-state index contributed by atoms with van der Waals surface area (Å²) in [5, 5.41) is 3.72. The summed E-state index contributed by atoms with van der Waals surface area (Å²) >= 11 is 0. The Labute approximate surface area is 111 Å². The molecule has 0 spiro atoms. The van der Waals surface area contributed by atoms with Crippen molar-refractivity contribution in [3.8, 4) is 0 Å². The van der Waals surface area contributed by atoms with E-state index >= 15 is 0 Å². The Morgan fingerprint density at radius 1 is 1.44 bits per heavy atom. The molecule has 1 heterocycles. The van der Waals surface area contributed by atoms with Gasteiger partial charge in [0.1, 0.15) is 11.5 Å². The summed E-state index contributed by atoms with van der Waals surface area (Å²) in [4.78, 5) is 0. The maximum Gasteiger partial charge on any atom is 0.109 e. The first-order valence-electron chi connectivity index (χ1n) is 7.20. The first-order valence-corrected chi connectivity index (χ1v) is 7.20. The molecular formula is C16H27NO. The van der Waals surface area contributed by atoms with Gasteiger partial charge in [-0.25, -0.2) is 0 Å². The molecule has 2 heteroatoms. The van der Waals surface area contributed by atoms with E-state index in [1.165, 1.54) is 24.2 Å². The van der Waals surface area contributed by atoms with Crippen LogP contribution in [-0.2, 0) is 6.42 Å². The Morgan fingerprint density at radius 3 is 2.83 bits per heavy atom. The predicted octanol–water partition coefficient (Wildman–Crippen LogP) is 4.24. The van der Waals surface area contributed by atoms with E-state index in [9.17, 15) is 0 Å². The molecular weight excluding hydrogens is 222 g/mol. The van der Waals surface area contributed by atoms with E-state index in [1.807, 2.05) is 0 Å². The molecule has 0 saturated carbocycles. The van der Waals surface area contributed by atoms with Crippen LogP contribution in [0.25, 0.3) is 0 Å². The zero-order valence-electron chi connectivity index (χ0n) is 12.5. The molecule has 18 heavy (non-hydrogen) atoms. The van der Waals surface area contributed by atoms with Gasteiger partial charge in [0, 0.05) is 18.0 Å². The van der Waals surface area contributed by atoms with Crippen molar-refractivity contribution in [1.29, 1.82) is 0 Å². The molecule has 1 aromatic heterocycles. The maximum absolute atomic E-state index is 5.86. The zero-order valence-corrected chi connectivity index (χ0v) is 12.5. The SMILES string of the molecule is Cc1cc2c(o1)CC(C)(C)CC2NCCC(C)C. The van der Waals surface area contributed by atoms with Gasteiger partial charge in [-0.15, -0.1) is 0 Å². The lowest BCUT2D eigenvalue weighted by molar-refractivity contribution is 0.233. The van der Waals surface area contributed by atoms with Gasteiger partial charge in [-0.2, -0.15) is 0 Å². The van der Waals surface area contributed by atoms with Crippen LogP contribution in [0.3, 0.4) is 0 Å². The second kappa shape index (κ2) is 5.08. The van der Waals surface area contributed by atoms with E-state index in [0.717, 1.165) is 24.6 Å². The molecule has 0 radical (unpaired) electrons.